The Kier molecular flexibility index (Phi) is 5.22. The highest BCUT2D eigenvalue weighted by Gasteiger charge is 2.11. The Bertz CT molecular complexity index is 976. The van der Waals surface area contributed by atoms with E-state index in [1.807, 2.05) is 0 Å². The zero-order valence-corrected chi connectivity index (χ0v) is 14.4. The number of nitrogen functional groups attached to an aromatic ring is 1. The molecule has 0 radical (unpaired) electrons. The minimum Gasteiger partial charge on any atom is -0.393 e. The molecule has 27 heavy (non-hydrogen) atoms. The fourth-order valence-corrected chi connectivity index (χ4v) is 2.23. The van der Waals surface area contributed by atoms with Crippen molar-refractivity contribution in [2.45, 2.75) is 6.92 Å². The predicted octanol–water partition coefficient (Wildman–Crippen LogP) is 2.16. The van der Waals surface area contributed by atoms with E-state index in [4.69, 9.17) is 5.73 Å². The summed E-state index contributed by atoms with van der Waals surface area (Å²) < 4.78 is 0. The summed E-state index contributed by atoms with van der Waals surface area (Å²) in [5, 5.41) is 3.04. The summed E-state index contributed by atoms with van der Waals surface area (Å²) in [6.45, 7) is 1.49. The van der Waals surface area contributed by atoms with Crippen molar-refractivity contribution >= 4 is 34.7 Å². The number of carbonyl (C=O) groups excluding carboxylic acids is 2. The average Bonchev–Trinajstić information content (AvgIpc) is 2.69. The molecule has 1 aromatic carbocycles. The van der Waals surface area contributed by atoms with Crippen LogP contribution in [0.3, 0.4) is 0 Å². The molecule has 0 saturated carbocycles. The fourth-order valence-electron chi connectivity index (χ4n) is 2.23. The van der Waals surface area contributed by atoms with Crippen LogP contribution in [-0.2, 0) is 0 Å². The van der Waals surface area contributed by atoms with Crippen LogP contribution in [0.15, 0.2) is 55.1 Å². The third kappa shape index (κ3) is 4.34. The number of nitrogens with one attached hydrogen (secondary N) is 3. The van der Waals surface area contributed by atoms with Gasteiger partial charge in [-0.25, -0.2) is 9.97 Å². The summed E-state index contributed by atoms with van der Waals surface area (Å²) in [6.07, 6.45) is 4.31. The number of carbonyl (C=O) groups is 2. The number of hydrogen-bond donors (Lipinski definition) is 4. The van der Waals surface area contributed by atoms with Gasteiger partial charge in [0.1, 0.15) is 12.0 Å². The second-order valence-corrected chi connectivity index (χ2v) is 5.57. The van der Waals surface area contributed by atoms with Crippen molar-refractivity contribution in [1.82, 2.24) is 20.4 Å². The molecule has 3 aromatic rings. The third-order valence-electron chi connectivity index (χ3n) is 3.63. The minimum atomic E-state index is -0.384. The van der Waals surface area contributed by atoms with Gasteiger partial charge in [-0.2, -0.15) is 0 Å². The molecular formula is C18H17N7O2. The lowest BCUT2D eigenvalue weighted by Crippen LogP contribution is -2.30. The van der Waals surface area contributed by atoms with Gasteiger partial charge in [-0.05, 0) is 31.2 Å². The number of rotatable bonds is 6. The molecule has 0 bridgehead atoms. The normalized spacial score (nSPS) is 10.1. The molecule has 0 spiro atoms. The van der Waals surface area contributed by atoms with Crippen molar-refractivity contribution in [3.63, 3.8) is 0 Å². The van der Waals surface area contributed by atoms with Crippen molar-refractivity contribution in [3.05, 3.63) is 66.2 Å². The Labute approximate surface area is 155 Å². The monoisotopic (exact) mass is 363 g/mol. The topological polar surface area (TPSA) is 135 Å². The minimum absolute atomic E-state index is 0.0465. The summed E-state index contributed by atoms with van der Waals surface area (Å²) in [4.78, 5) is 35.6. The van der Waals surface area contributed by atoms with Crippen LogP contribution in [0.2, 0.25) is 0 Å². The van der Waals surface area contributed by atoms with E-state index >= 15 is 0 Å². The lowest BCUT2D eigenvalue weighted by atomic mass is 10.1. The number of anilines is 4. The third-order valence-corrected chi connectivity index (χ3v) is 3.63. The standard InChI is InChI=1S/C18H17N7O2/c1-11(26)12-4-2-6-14(8-12)23-16-15(19)17(22-10-21-16)24-25-18(27)13-5-3-7-20-9-13/h2-10H,19H2,1H3,(H,25,27)(H2,21,22,23,24). The van der Waals surface area contributed by atoms with Gasteiger partial charge in [-0.15, -0.1) is 0 Å². The van der Waals surface area contributed by atoms with E-state index in [-0.39, 0.29) is 23.2 Å². The number of pyridine rings is 1. The summed E-state index contributed by atoms with van der Waals surface area (Å²) in [5.41, 5.74) is 13.1. The summed E-state index contributed by atoms with van der Waals surface area (Å²) in [5.74, 6) is 0.135. The first-order chi connectivity index (χ1) is 13.0. The first-order valence-electron chi connectivity index (χ1n) is 7.99. The summed E-state index contributed by atoms with van der Waals surface area (Å²) in [7, 11) is 0. The van der Waals surface area contributed by atoms with Gasteiger partial charge < -0.3 is 11.1 Å². The summed E-state index contributed by atoms with van der Waals surface area (Å²) >= 11 is 0. The number of ketones is 1. The zero-order valence-electron chi connectivity index (χ0n) is 14.4. The molecule has 1 amide bonds. The molecule has 9 heteroatoms. The van der Waals surface area contributed by atoms with Crippen molar-refractivity contribution in [1.29, 1.82) is 0 Å². The number of Topliss-reactive ketones (excluding diaryl/α,β-unsaturated/α-hetero) is 1. The molecule has 0 aliphatic rings. The van der Waals surface area contributed by atoms with E-state index < -0.39 is 0 Å². The smallest absolute Gasteiger partial charge is 0.271 e. The van der Waals surface area contributed by atoms with Crippen LogP contribution in [0.1, 0.15) is 27.6 Å². The van der Waals surface area contributed by atoms with E-state index in [1.54, 1.807) is 42.6 Å². The Hall–Kier alpha value is -4.01. The lowest BCUT2D eigenvalue weighted by molar-refractivity contribution is 0.0961. The number of hydrazine groups is 1. The van der Waals surface area contributed by atoms with Crippen LogP contribution >= 0.6 is 0 Å². The van der Waals surface area contributed by atoms with Gasteiger partial charge in [-0.3, -0.25) is 25.4 Å². The molecule has 3 rings (SSSR count). The fraction of sp³-hybridized carbons (Fsp3) is 0.0556. The zero-order chi connectivity index (χ0) is 19.2. The Morgan fingerprint density at radius 2 is 1.81 bits per heavy atom. The van der Waals surface area contributed by atoms with Crippen LogP contribution in [0.4, 0.5) is 23.0 Å². The largest absolute Gasteiger partial charge is 0.393 e. The first kappa shape index (κ1) is 17.8. The van der Waals surface area contributed by atoms with Crippen LogP contribution < -0.4 is 21.9 Å². The maximum absolute atomic E-state index is 12.1. The highest BCUT2D eigenvalue weighted by molar-refractivity contribution is 5.96. The predicted molar refractivity (Wildman–Crippen MR) is 101 cm³/mol. The van der Waals surface area contributed by atoms with E-state index in [2.05, 4.69) is 31.1 Å². The SMILES string of the molecule is CC(=O)c1cccc(Nc2ncnc(NNC(=O)c3cccnc3)c2N)c1. The Morgan fingerprint density at radius 3 is 2.56 bits per heavy atom. The highest BCUT2D eigenvalue weighted by atomic mass is 16.2. The van der Waals surface area contributed by atoms with Gasteiger partial charge in [0.05, 0.1) is 5.56 Å². The number of amides is 1. The number of nitrogens with two attached hydrogens (primary N) is 1. The first-order valence-corrected chi connectivity index (χ1v) is 7.99. The van der Waals surface area contributed by atoms with Gasteiger partial charge in [0.2, 0.25) is 0 Å². The van der Waals surface area contributed by atoms with Gasteiger partial charge in [0.15, 0.2) is 17.4 Å². The molecule has 0 unspecified atom stereocenters. The molecule has 0 atom stereocenters. The Morgan fingerprint density at radius 1 is 1.04 bits per heavy atom. The molecule has 0 aliphatic heterocycles. The lowest BCUT2D eigenvalue weighted by Gasteiger charge is -2.13. The highest BCUT2D eigenvalue weighted by Crippen LogP contribution is 2.25. The van der Waals surface area contributed by atoms with Crippen molar-refractivity contribution < 1.29 is 9.59 Å². The van der Waals surface area contributed by atoms with E-state index in [1.165, 1.54) is 19.4 Å². The quantitative estimate of drug-likeness (QED) is 0.386. The van der Waals surface area contributed by atoms with Gasteiger partial charge in [0, 0.05) is 23.6 Å². The van der Waals surface area contributed by atoms with Crippen LogP contribution in [-0.4, -0.2) is 26.6 Å². The number of hydrogen-bond acceptors (Lipinski definition) is 8. The number of aromatic nitrogens is 3. The summed E-state index contributed by atoms with van der Waals surface area (Å²) in [6, 6.07) is 10.2. The second kappa shape index (κ2) is 7.91. The maximum Gasteiger partial charge on any atom is 0.271 e. The van der Waals surface area contributed by atoms with Crippen molar-refractivity contribution in [2.24, 2.45) is 0 Å². The number of nitrogens with zero attached hydrogens (tertiary/aromatic N) is 3. The molecule has 9 nitrogen and oxygen atoms in total. The van der Waals surface area contributed by atoms with Crippen molar-refractivity contribution in [3.8, 4) is 0 Å². The van der Waals surface area contributed by atoms with Gasteiger partial charge >= 0.3 is 0 Å². The molecule has 5 N–H and O–H groups in total. The van der Waals surface area contributed by atoms with Crippen molar-refractivity contribution in [2.75, 3.05) is 16.5 Å². The molecule has 0 fully saturated rings. The molecule has 2 heterocycles. The van der Waals surface area contributed by atoms with Crippen LogP contribution in [0.5, 0.6) is 0 Å². The van der Waals surface area contributed by atoms with Crippen LogP contribution in [0.25, 0.3) is 0 Å². The molecule has 0 aliphatic carbocycles. The average molecular weight is 363 g/mol. The molecule has 2 aromatic heterocycles. The maximum atomic E-state index is 12.1. The van der Waals surface area contributed by atoms with E-state index in [0.29, 0.717) is 22.6 Å². The number of benzene rings is 1. The molecule has 136 valence electrons. The van der Waals surface area contributed by atoms with E-state index in [0.717, 1.165) is 0 Å². The van der Waals surface area contributed by atoms with Gasteiger partial charge in [-0.1, -0.05) is 12.1 Å². The second-order valence-electron chi connectivity index (χ2n) is 5.57. The molecule has 0 saturated heterocycles. The van der Waals surface area contributed by atoms with Crippen LogP contribution in [0, 0.1) is 0 Å². The Balaban J connectivity index is 1.73. The molecular weight excluding hydrogens is 346 g/mol. The van der Waals surface area contributed by atoms with Gasteiger partial charge in [0.25, 0.3) is 5.91 Å². The van der Waals surface area contributed by atoms with E-state index in [9.17, 15) is 9.59 Å².